The minimum atomic E-state index is -0.412. The standard InChI is InChI=1S/C13H18ClIO/c1-13(2,3)7-6-12(16)10-8-9(14)4-5-11(10)15/h4-5,8,12,16H,6-7H2,1-3H3. The van der Waals surface area contributed by atoms with Gasteiger partial charge in [0.1, 0.15) is 0 Å². The van der Waals surface area contributed by atoms with Gasteiger partial charge in [0.05, 0.1) is 6.10 Å². The number of aliphatic hydroxyl groups excluding tert-OH is 1. The van der Waals surface area contributed by atoms with Crippen molar-refractivity contribution in [3.63, 3.8) is 0 Å². The lowest BCUT2D eigenvalue weighted by Gasteiger charge is -2.21. The Hall–Kier alpha value is 0.200. The molecular formula is C13H18ClIO. The summed E-state index contributed by atoms with van der Waals surface area (Å²) in [5.74, 6) is 0. The first kappa shape index (κ1) is 14.3. The van der Waals surface area contributed by atoms with E-state index in [9.17, 15) is 5.11 Å². The SMILES string of the molecule is CC(C)(C)CCC(O)c1cc(Cl)ccc1I. The van der Waals surface area contributed by atoms with Gasteiger partial charge in [0, 0.05) is 8.59 Å². The highest BCUT2D eigenvalue weighted by molar-refractivity contribution is 14.1. The van der Waals surface area contributed by atoms with E-state index in [0.717, 1.165) is 22.0 Å². The fourth-order valence-corrected chi connectivity index (χ4v) is 2.37. The fourth-order valence-electron chi connectivity index (χ4n) is 1.50. The maximum atomic E-state index is 10.1. The average Bonchev–Trinajstić information content (AvgIpc) is 2.17. The molecule has 1 rings (SSSR count). The van der Waals surface area contributed by atoms with Crippen molar-refractivity contribution in [2.75, 3.05) is 0 Å². The third-order valence-electron chi connectivity index (χ3n) is 2.48. The summed E-state index contributed by atoms with van der Waals surface area (Å²) in [7, 11) is 0. The molecule has 1 N–H and O–H groups in total. The van der Waals surface area contributed by atoms with E-state index in [1.165, 1.54) is 0 Å². The largest absolute Gasteiger partial charge is 0.388 e. The van der Waals surface area contributed by atoms with Gasteiger partial charge in [-0.25, -0.2) is 0 Å². The molecule has 3 heteroatoms. The minimum absolute atomic E-state index is 0.255. The molecule has 0 fully saturated rings. The molecule has 1 nitrogen and oxygen atoms in total. The first-order valence-electron chi connectivity index (χ1n) is 5.42. The van der Waals surface area contributed by atoms with Crippen LogP contribution in [0.25, 0.3) is 0 Å². The van der Waals surface area contributed by atoms with Crippen molar-refractivity contribution in [2.24, 2.45) is 5.41 Å². The van der Waals surface area contributed by atoms with Crippen molar-refractivity contribution in [2.45, 2.75) is 39.7 Å². The summed E-state index contributed by atoms with van der Waals surface area (Å²) in [6, 6.07) is 5.65. The van der Waals surface area contributed by atoms with Crippen molar-refractivity contribution in [1.29, 1.82) is 0 Å². The Bertz CT molecular complexity index is 357. The molecule has 0 spiro atoms. The molecule has 90 valence electrons. The van der Waals surface area contributed by atoms with E-state index in [0.29, 0.717) is 5.02 Å². The lowest BCUT2D eigenvalue weighted by atomic mass is 9.88. The van der Waals surface area contributed by atoms with Crippen molar-refractivity contribution in [1.82, 2.24) is 0 Å². The molecule has 1 aromatic rings. The molecule has 0 saturated carbocycles. The van der Waals surface area contributed by atoms with Crippen LogP contribution in [0.4, 0.5) is 0 Å². The highest BCUT2D eigenvalue weighted by Crippen LogP contribution is 2.30. The maximum Gasteiger partial charge on any atom is 0.0801 e. The van der Waals surface area contributed by atoms with Crippen LogP contribution in [0.3, 0.4) is 0 Å². The van der Waals surface area contributed by atoms with Gasteiger partial charge in [0.15, 0.2) is 0 Å². The molecule has 1 atom stereocenters. The van der Waals surface area contributed by atoms with Crippen molar-refractivity contribution >= 4 is 34.2 Å². The van der Waals surface area contributed by atoms with Crippen LogP contribution in [-0.2, 0) is 0 Å². The maximum absolute atomic E-state index is 10.1. The smallest absolute Gasteiger partial charge is 0.0801 e. The summed E-state index contributed by atoms with van der Waals surface area (Å²) in [5.41, 5.74) is 1.20. The molecule has 0 saturated heterocycles. The molecule has 0 radical (unpaired) electrons. The highest BCUT2D eigenvalue weighted by Gasteiger charge is 2.16. The molecule has 16 heavy (non-hydrogen) atoms. The van der Waals surface area contributed by atoms with Gasteiger partial charge in [-0.2, -0.15) is 0 Å². The minimum Gasteiger partial charge on any atom is -0.388 e. The van der Waals surface area contributed by atoms with Crippen LogP contribution >= 0.6 is 34.2 Å². The average molecular weight is 353 g/mol. The predicted octanol–water partition coefficient (Wildman–Crippen LogP) is 4.80. The van der Waals surface area contributed by atoms with Gasteiger partial charge in [-0.3, -0.25) is 0 Å². The Morgan fingerprint density at radius 3 is 2.56 bits per heavy atom. The van der Waals surface area contributed by atoms with Gasteiger partial charge in [0.2, 0.25) is 0 Å². The van der Waals surface area contributed by atoms with Gasteiger partial charge in [-0.1, -0.05) is 32.4 Å². The van der Waals surface area contributed by atoms with Crippen LogP contribution in [0.15, 0.2) is 18.2 Å². The van der Waals surface area contributed by atoms with Crippen molar-refractivity contribution in [3.8, 4) is 0 Å². The molecule has 0 aliphatic carbocycles. The summed E-state index contributed by atoms with van der Waals surface area (Å²) in [4.78, 5) is 0. The Morgan fingerprint density at radius 1 is 1.38 bits per heavy atom. The second-order valence-electron chi connectivity index (χ2n) is 5.28. The highest BCUT2D eigenvalue weighted by atomic mass is 127. The van der Waals surface area contributed by atoms with E-state index in [1.807, 2.05) is 18.2 Å². The Balaban J connectivity index is 2.73. The van der Waals surface area contributed by atoms with E-state index in [1.54, 1.807) is 0 Å². The van der Waals surface area contributed by atoms with Crippen molar-refractivity contribution in [3.05, 3.63) is 32.4 Å². The van der Waals surface area contributed by atoms with Crippen LogP contribution in [0.5, 0.6) is 0 Å². The lowest BCUT2D eigenvalue weighted by Crippen LogP contribution is -2.09. The Morgan fingerprint density at radius 2 is 2.00 bits per heavy atom. The van der Waals surface area contributed by atoms with Crippen LogP contribution in [-0.4, -0.2) is 5.11 Å². The van der Waals surface area contributed by atoms with E-state index >= 15 is 0 Å². The summed E-state index contributed by atoms with van der Waals surface area (Å²) < 4.78 is 1.07. The van der Waals surface area contributed by atoms with Crippen LogP contribution in [0.1, 0.15) is 45.3 Å². The predicted molar refractivity (Wildman–Crippen MR) is 77.8 cm³/mol. The molecule has 0 aromatic heterocycles. The second kappa shape index (κ2) is 5.69. The zero-order valence-electron chi connectivity index (χ0n) is 9.93. The molecule has 0 amide bonds. The van der Waals surface area contributed by atoms with Crippen LogP contribution in [0, 0.1) is 8.99 Å². The Kier molecular flexibility index (Phi) is 5.08. The summed E-state index contributed by atoms with van der Waals surface area (Å²) in [6.07, 6.45) is 1.36. The van der Waals surface area contributed by atoms with E-state index in [2.05, 4.69) is 43.4 Å². The first-order valence-corrected chi connectivity index (χ1v) is 6.88. The lowest BCUT2D eigenvalue weighted by molar-refractivity contribution is 0.147. The summed E-state index contributed by atoms with van der Waals surface area (Å²) in [6.45, 7) is 6.55. The first-order chi connectivity index (χ1) is 7.29. The zero-order valence-corrected chi connectivity index (χ0v) is 12.8. The summed E-state index contributed by atoms with van der Waals surface area (Å²) in [5, 5.41) is 10.8. The van der Waals surface area contributed by atoms with E-state index in [4.69, 9.17) is 11.6 Å². The van der Waals surface area contributed by atoms with Crippen LogP contribution < -0.4 is 0 Å². The third-order valence-corrected chi connectivity index (χ3v) is 3.70. The van der Waals surface area contributed by atoms with E-state index < -0.39 is 6.10 Å². The topological polar surface area (TPSA) is 20.2 Å². The van der Waals surface area contributed by atoms with Gasteiger partial charge in [-0.15, -0.1) is 0 Å². The molecule has 0 bridgehead atoms. The fraction of sp³-hybridized carbons (Fsp3) is 0.538. The molecule has 0 aliphatic rings. The number of hydrogen-bond donors (Lipinski definition) is 1. The van der Waals surface area contributed by atoms with Gasteiger partial charge < -0.3 is 5.11 Å². The number of halogens is 2. The van der Waals surface area contributed by atoms with Gasteiger partial charge >= 0.3 is 0 Å². The van der Waals surface area contributed by atoms with Crippen LogP contribution in [0.2, 0.25) is 5.02 Å². The number of benzene rings is 1. The molecule has 1 unspecified atom stereocenters. The second-order valence-corrected chi connectivity index (χ2v) is 6.88. The van der Waals surface area contributed by atoms with Crippen molar-refractivity contribution < 1.29 is 5.11 Å². The molecule has 1 aromatic carbocycles. The van der Waals surface area contributed by atoms with Gasteiger partial charge in [-0.05, 0) is 64.6 Å². The Labute approximate surface area is 116 Å². The normalized spacial score (nSPS) is 13.9. The number of rotatable bonds is 3. The molecule has 0 aliphatic heterocycles. The monoisotopic (exact) mass is 352 g/mol. The third kappa shape index (κ3) is 4.60. The number of aliphatic hydroxyl groups is 1. The van der Waals surface area contributed by atoms with Gasteiger partial charge in [0.25, 0.3) is 0 Å². The number of hydrogen-bond acceptors (Lipinski definition) is 1. The molecule has 0 heterocycles. The summed E-state index contributed by atoms with van der Waals surface area (Å²) >= 11 is 8.17. The zero-order chi connectivity index (χ0) is 12.3. The quantitative estimate of drug-likeness (QED) is 0.774. The van der Waals surface area contributed by atoms with E-state index in [-0.39, 0.29) is 5.41 Å². The molecular weight excluding hydrogens is 334 g/mol.